The van der Waals surface area contributed by atoms with Gasteiger partial charge in [-0.2, -0.15) is 0 Å². The highest BCUT2D eigenvalue weighted by atomic mass is 79.9. The zero-order valence-electron chi connectivity index (χ0n) is 14.1. The van der Waals surface area contributed by atoms with Gasteiger partial charge in [0.25, 0.3) is 5.91 Å². The van der Waals surface area contributed by atoms with Crippen LogP contribution in [0, 0.1) is 5.92 Å². The van der Waals surface area contributed by atoms with Crippen LogP contribution in [0.5, 0.6) is 11.5 Å². The third-order valence-corrected chi connectivity index (χ3v) is 5.23. The van der Waals surface area contributed by atoms with Gasteiger partial charge in [0.05, 0.1) is 23.1 Å². The van der Waals surface area contributed by atoms with E-state index < -0.39 is 0 Å². The Bertz CT molecular complexity index is 689. The van der Waals surface area contributed by atoms with E-state index in [1.165, 1.54) is 11.8 Å². The first-order valence-electron chi connectivity index (χ1n) is 7.63. The summed E-state index contributed by atoms with van der Waals surface area (Å²) >= 11 is 10.2. The largest absolute Gasteiger partial charge is 0.493 e. The van der Waals surface area contributed by atoms with Crippen molar-refractivity contribution < 1.29 is 14.3 Å². The van der Waals surface area contributed by atoms with Gasteiger partial charge in [0.15, 0.2) is 11.5 Å². The van der Waals surface area contributed by atoms with Gasteiger partial charge in [0, 0.05) is 6.54 Å². The third kappa shape index (κ3) is 4.32. The van der Waals surface area contributed by atoms with E-state index in [2.05, 4.69) is 29.8 Å². The minimum Gasteiger partial charge on any atom is -0.493 e. The molecular weight excluding hydrogens is 410 g/mol. The second kappa shape index (κ2) is 8.36. The van der Waals surface area contributed by atoms with Crippen molar-refractivity contribution in [2.45, 2.75) is 20.8 Å². The number of carbonyl (C=O) groups is 1. The van der Waals surface area contributed by atoms with Crippen LogP contribution in [0.4, 0.5) is 0 Å². The summed E-state index contributed by atoms with van der Waals surface area (Å²) in [6.45, 7) is 7.23. The molecule has 1 aliphatic rings. The van der Waals surface area contributed by atoms with Crippen LogP contribution in [-0.4, -0.2) is 35.4 Å². The van der Waals surface area contributed by atoms with Crippen LogP contribution in [0.2, 0.25) is 0 Å². The molecule has 0 N–H and O–H groups in total. The van der Waals surface area contributed by atoms with Crippen molar-refractivity contribution in [2.24, 2.45) is 5.92 Å². The number of nitrogens with zero attached hydrogens (tertiary/aromatic N) is 1. The first-order chi connectivity index (χ1) is 11.4. The molecule has 0 unspecified atom stereocenters. The third-order valence-electron chi connectivity index (χ3n) is 3.26. The quantitative estimate of drug-likeness (QED) is 0.483. The van der Waals surface area contributed by atoms with Crippen molar-refractivity contribution in [3.8, 4) is 11.5 Å². The minimum absolute atomic E-state index is 0.0392. The highest BCUT2D eigenvalue weighted by Gasteiger charge is 2.32. The monoisotopic (exact) mass is 429 g/mol. The van der Waals surface area contributed by atoms with Gasteiger partial charge in [-0.1, -0.05) is 37.8 Å². The van der Waals surface area contributed by atoms with E-state index in [-0.39, 0.29) is 5.91 Å². The molecule has 0 radical (unpaired) electrons. The molecule has 0 aromatic heterocycles. The van der Waals surface area contributed by atoms with Crippen LogP contribution in [0.1, 0.15) is 26.3 Å². The molecule has 0 spiro atoms. The van der Waals surface area contributed by atoms with Crippen LogP contribution < -0.4 is 9.47 Å². The maximum absolute atomic E-state index is 12.5. The average Bonchev–Trinajstić information content (AvgIpc) is 2.77. The molecule has 130 valence electrons. The first-order valence-corrected chi connectivity index (χ1v) is 9.64. The zero-order valence-corrected chi connectivity index (χ0v) is 17.3. The summed E-state index contributed by atoms with van der Waals surface area (Å²) in [5, 5.41) is 0. The number of carbonyl (C=O) groups excluding carboxylic acids is 1. The van der Waals surface area contributed by atoms with Crippen LogP contribution in [0.15, 0.2) is 21.5 Å². The molecule has 4 nitrogen and oxygen atoms in total. The molecule has 1 aromatic rings. The topological polar surface area (TPSA) is 38.8 Å². The van der Waals surface area contributed by atoms with Crippen LogP contribution in [0.3, 0.4) is 0 Å². The summed E-state index contributed by atoms with van der Waals surface area (Å²) in [6.07, 6.45) is 1.84. The number of benzene rings is 1. The van der Waals surface area contributed by atoms with Gasteiger partial charge in [0.2, 0.25) is 0 Å². The van der Waals surface area contributed by atoms with Crippen LogP contribution in [-0.2, 0) is 4.79 Å². The number of hydrogen-bond acceptors (Lipinski definition) is 5. The lowest BCUT2D eigenvalue weighted by Crippen LogP contribution is -2.31. The van der Waals surface area contributed by atoms with Crippen molar-refractivity contribution in [1.29, 1.82) is 0 Å². The number of halogens is 1. The maximum Gasteiger partial charge on any atom is 0.266 e. The molecule has 1 aromatic carbocycles. The Morgan fingerprint density at radius 3 is 2.71 bits per heavy atom. The molecule has 0 bridgehead atoms. The predicted molar refractivity (Wildman–Crippen MR) is 107 cm³/mol. The van der Waals surface area contributed by atoms with Gasteiger partial charge in [-0.25, -0.2) is 0 Å². The van der Waals surface area contributed by atoms with E-state index in [0.29, 0.717) is 39.8 Å². The van der Waals surface area contributed by atoms with Gasteiger partial charge in [-0.15, -0.1) is 0 Å². The second-order valence-corrected chi connectivity index (χ2v) is 8.18. The van der Waals surface area contributed by atoms with Gasteiger partial charge >= 0.3 is 0 Å². The number of thiocarbonyl (C=S) groups is 1. The van der Waals surface area contributed by atoms with Crippen molar-refractivity contribution >= 4 is 56.2 Å². The SMILES string of the molecule is CCOc1c(Br)cc(/C=C2\SC(=S)N(CC(C)C)C2=O)cc1OC. The lowest BCUT2D eigenvalue weighted by atomic mass is 10.1. The summed E-state index contributed by atoms with van der Waals surface area (Å²) in [5.74, 6) is 1.61. The van der Waals surface area contributed by atoms with E-state index in [1.807, 2.05) is 25.1 Å². The average molecular weight is 430 g/mol. The van der Waals surface area contributed by atoms with E-state index in [1.54, 1.807) is 12.0 Å². The molecule has 1 aliphatic heterocycles. The molecule has 1 saturated heterocycles. The molecule has 0 aliphatic carbocycles. The fourth-order valence-electron chi connectivity index (χ4n) is 2.28. The molecule has 24 heavy (non-hydrogen) atoms. The number of thioether (sulfide) groups is 1. The van der Waals surface area contributed by atoms with Gasteiger partial charge in [0.1, 0.15) is 4.32 Å². The summed E-state index contributed by atoms with van der Waals surface area (Å²) in [4.78, 5) is 14.8. The summed E-state index contributed by atoms with van der Waals surface area (Å²) in [6, 6.07) is 3.76. The van der Waals surface area contributed by atoms with Crippen molar-refractivity contribution in [3.63, 3.8) is 0 Å². The molecule has 7 heteroatoms. The number of rotatable bonds is 6. The van der Waals surface area contributed by atoms with Gasteiger partial charge < -0.3 is 9.47 Å². The smallest absolute Gasteiger partial charge is 0.266 e. The second-order valence-electron chi connectivity index (χ2n) is 5.65. The number of hydrogen-bond donors (Lipinski definition) is 0. The molecule has 1 fully saturated rings. The van der Waals surface area contributed by atoms with E-state index in [4.69, 9.17) is 21.7 Å². The standard InChI is InChI=1S/C17H20BrNO3S2/c1-5-22-15-12(18)6-11(7-13(15)21-4)8-14-16(20)19(9-10(2)3)17(23)24-14/h6-8,10H,5,9H2,1-4H3/b14-8-. The Hall–Kier alpha value is -1.05. The lowest BCUT2D eigenvalue weighted by Gasteiger charge is -2.16. The Morgan fingerprint density at radius 2 is 2.12 bits per heavy atom. The summed E-state index contributed by atoms with van der Waals surface area (Å²) < 4.78 is 12.4. The maximum atomic E-state index is 12.5. The number of amides is 1. The van der Waals surface area contributed by atoms with E-state index in [0.717, 1.165) is 10.0 Å². The minimum atomic E-state index is -0.0392. The number of methoxy groups -OCH3 is 1. The Kier molecular flexibility index (Phi) is 6.71. The first kappa shape index (κ1) is 19.3. The van der Waals surface area contributed by atoms with E-state index in [9.17, 15) is 4.79 Å². The highest BCUT2D eigenvalue weighted by Crippen LogP contribution is 2.39. The van der Waals surface area contributed by atoms with Crippen molar-refractivity contribution in [2.75, 3.05) is 20.3 Å². The molecular formula is C17H20BrNO3S2. The highest BCUT2D eigenvalue weighted by molar-refractivity contribution is 9.10. The lowest BCUT2D eigenvalue weighted by molar-refractivity contribution is -0.122. The Morgan fingerprint density at radius 1 is 1.42 bits per heavy atom. The van der Waals surface area contributed by atoms with Gasteiger partial charge in [-0.05, 0) is 52.5 Å². The summed E-state index contributed by atoms with van der Waals surface area (Å²) in [5.41, 5.74) is 0.854. The Labute approximate surface area is 160 Å². The molecule has 2 rings (SSSR count). The van der Waals surface area contributed by atoms with Crippen molar-refractivity contribution in [3.05, 3.63) is 27.1 Å². The van der Waals surface area contributed by atoms with Gasteiger partial charge in [-0.3, -0.25) is 9.69 Å². The fraction of sp³-hybridized carbons (Fsp3) is 0.412. The summed E-state index contributed by atoms with van der Waals surface area (Å²) in [7, 11) is 1.59. The van der Waals surface area contributed by atoms with Crippen molar-refractivity contribution in [1.82, 2.24) is 4.90 Å². The molecule has 0 atom stereocenters. The normalized spacial score (nSPS) is 16.4. The van der Waals surface area contributed by atoms with Crippen LogP contribution >= 0.6 is 39.9 Å². The fourth-order valence-corrected chi connectivity index (χ4v) is 4.13. The van der Waals surface area contributed by atoms with Crippen LogP contribution in [0.25, 0.3) is 6.08 Å². The molecule has 1 heterocycles. The number of ether oxygens (including phenoxy) is 2. The predicted octanol–water partition coefficient (Wildman–Crippen LogP) is 4.71. The zero-order chi connectivity index (χ0) is 17.9. The molecule has 0 saturated carbocycles. The Balaban J connectivity index is 2.33. The van der Waals surface area contributed by atoms with E-state index >= 15 is 0 Å². The molecule has 1 amide bonds.